The quantitative estimate of drug-likeness (QED) is 0.728. The third-order valence-corrected chi connectivity index (χ3v) is 2.87. The zero-order valence-corrected chi connectivity index (χ0v) is 13.3. The molecule has 1 aromatic rings. The summed E-state index contributed by atoms with van der Waals surface area (Å²) < 4.78 is 56.0. The number of alkyl halides is 3. The van der Waals surface area contributed by atoms with Crippen LogP contribution in [0, 0.1) is 5.82 Å². The fourth-order valence-electron chi connectivity index (χ4n) is 1.76. The van der Waals surface area contributed by atoms with Crippen molar-refractivity contribution in [3.05, 3.63) is 35.1 Å². The van der Waals surface area contributed by atoms with Crippen molar-refractivity contribution in [2.45, 2.75) is 44.8 Å². The third-order valence-electron chi connectivity index (χ3n) is 2.87. The zero-order chi connectivity index (χ0) is 18.7. The number of nitrogens with one attached hydrogen (secondary N) is 1. The van der Waals surface area contributed by atoms with Gasteiger partial charge in [-0.2, -0.15) is 13.2 Å². The monoisotopic (exact) mass is 353 g/mol. The molecule has 0 aromatic heterocycles. The summed E-state index contributed by atoms with van der Waals surface area (Å²) >= 11 is 0. The molecule has 1 amide bonds. The van der Waals surface area contributed by atoms with E-state index >= 15 is 0 Å². The summed E-state index contributed by atoms with van der Waals surface area (Å²) in [6, 6.07) is 1.56. The average Bonchev–Trinajstić information content (AvgIpc) is 2.41. The Hall–Kier alpha value is -1.87. The normalized spacial score (nSPS) is 14.9. The molecule has 2 unspecified atom stereocenters. The van der Waals surface area contributed by atoms with Crippen LogP contribution in [0.25, 0.3) is 0 Å². The van der Waals surface area contributed by atoms with E-state index in [1.165, 1.54) is 0 Å². The van der Waals surface area contributed by atoms with Gasteiger partial charge in [-0.15, -0.1) is 0 Å². The second-order valence-electron chi connectivity index (χ2n) is 6.13. The molecular weight excluding hydrogens is 334 g/mol. The highest BCUT2D eigenvalue weighted by Crippen LogP contribution is 2.31. The van der Waals surface area contributed by atoms with Gasteiger partial charge in [0.15, 0.2) is 0 Å². The number of hydrogen-bond acceptors (Lipinski definition) is 4. The minimum Gasteiger partial charge on any atom is -0.444 e. The van der Waals surface area contributed by atoms with Gasteiger partial charge in [0.05, 0.1) is 5.56 Å². The van der Waals surface area contributed by atoms with Crippen molar-refractivity contribution in [2.24, 2.45) is 0 Å². The van der Waals surface area contributed by atoms with Crippen molar-refractivity contribution in [2.75, 3.05) is 6.54 Å². The van der Waals surface area contributed by atoms with E-state index in [0.717, 1.165) is 6.07 Å². The molecule has 1 aromatic carbocycles. The standard InChI is InChI=1S/C15H19F4NO4/c1-14(2,3)24-13(23)20-7-11(21)12(22)9-5-4-8(6-10(9)16)15(17,18)19/h4-6,11-12,21-22H,7H2,1-3H3,(H,20,23). The molecule has 0 saturated heterocycles. The van der Waals surface area contributed by atoms with Crippen LogP contribution in [0.4, 0.5) is 22.4 Å². The Kier molecular flexibility index (Phi) is 6.18. The molecule has 2 atom stereocenters. The fourth-order valence-corrected chi connectivity index (χ4v) is 1.76. The van der Waals surface area contributed by atoms with Gasteiger partial charge in [-0.05, 0) is 32.9 Å². The number of hydrogen-bond donors (Lipinski definition) is 3. The highest BCUT2D eigenvalue weighted by atomic mass is 19.4. The number of aliphatic hydroxyl groups is 2. The third kappa shape index (κ3) is 5.97. The van der Waals surface area contributed by atoms with E-state index in [1.54, 1.807) is 20.8 Å². The molecule has 0 aliphatic heterocycles. The smallest absolute Gasteiger partial charge is 0.416 e. The molecule has 0 heterocycles. The maximum atomic E-state index is 13.7. The first-order chi connectivity index (χ1) is 10.8. The number of carbonyl (C=O) groups is 1. The van der Waals surface area contributed by atoms with E-state index in [4.69, 9.17) is 4.74 Å². The maximum Gasteiger partial charge on any atom is 0.416 e. The Bertz CT molecular complexity index is 584. The minimum atomic E-state index is -4.72. The molecular formula is C15H19F4NO4. The molecule has 136 valence electrons. The highest BCUT2D eigenvalue weighted by Gasteiger charge is 2.32. The van der Waals surface area contributed by atoms with Crippen LogP contribution in [0.3, 0.4) is 0 Å². The topological polar surface area (TPSA) is 78.8 Å². The lowest BCUT2D eigenvalue weighted by molar-refractivity contribution is -0.137. The lowest BCUT2D eigenvalue weighted by atomic mass is 10.0. The second-order valence-corrected chi connectivity index (χ2v) is 6.13. The number of rotatable bonds is 4. The Morgan fingerprint density at radius 3 is 2.29 bits per heavy atom. The Labute approximate surface area is 136 Å². The van der Waals surface area contributed by atoms with Crippen molar-refractivity contribution < 1.29 is 37.3 Å². The lowest BCUT2D eigenvalue weighted by Gasteiger charge is -2.22. The second kappa shape index (κ2) is 7.35. The number of alkyl carbamates (subject to hydrolysis) is 1. The predicted molar refractivity (Wildman–Crippen MR) is 76.6 cm³/mol. The van der Waals surface area contributed by atoms with E-state index in [2.05, 4.69) is 5.32 Å². The molecule has 3 N–H and O–H groups in total. The Morgan fingerprint density at radius 1 is 1.25 bits per heavy atom. The van der Waals surface area contributed by atoms with Crippen molar-refractivity contribution in [3.8, 4) is 0 Å². The predicted octanol–water partition coefficient (Wildman–Crippen LogP) is 2.76. The van der Waals surface area contributed by atoms with Gasteiger partial charge in [0.25, 0.3) is 0 Å². The summed E-state index contributed by atoms with van der Waals surface area (Å²) in [5.41, 5.74) is -2.49. The minimum absolute atomic E-state index is 0.229. The molecule has 0 saturated carbocycles. The Morgan fingerprint density at radius 2 is 1.83 bits per heavy atom. The molecule has 0 aliphatic carbocycles. The van der Waals surface area contributed by atoms with Crippen LogP contribution in [0.15, 0.2) is 18.2 Å². The number of ether oxygens (including phenoxy) is 1. The van der Waals surface area contributed by atoms with Gasteiger partial charge in [0.1, 0.15) is 23.6 Å². The van der Waals surface area contributed by atoms with Crippen LogP contribution in [0.1, 0.15) is 38.0 Å². The van der Waals surface area contributed by atoms with Crippen LogP contribution in [0.2, 0.25) is 0 Å². The first kappa shape index (κ1) is 20.2. The number of halogens is 4. The van der Waals surface area contributed by atoms with Crippen molar-refractivity contribution in [1.82, 2.24) is 5.32 Å². The van der Waals surface area contributed by atoms with E-state index in [-0.39, 0.29) is 6.07 Å². The molecule has 0 aliphatic rings. The summed E-state index contributed by atoms with van der Waals surface area (Å²) in [4.78, 5) is 11.4. The molecule has 1 rings (SSSR count). The first-order valence-corrected chi connectivity index (χ1v) is 7.01. The van der Waals surface area contributed by atoms with Gasteiger partial charge in [0.2, 0.25) is 0 Å². The molecule has 0 radical (unpaired) electrons. The molecule has 0 bridgehead atoms. The summed E-state index contributed by atoms with van der Waals surface area (Å²) in [5.74, 6) is -1.31. The van der Waals surface area contributed by atoms with Gasteiger partial charge in [0, 0.05) is 12.1 Å². The summed E-state index contributed by atoms with van der Waals surface area (Å²) in [6.45, 7) is 4.39. The van der Waals surface area contributed by atoms with Crippen LogP contribution < -0.4 is 5.32 Å². The van der Waals surface area contributed by atoms with E-state index in [0.29, 0.717) is 6.07 Å². The molecule has 5 nitrogen and oxygen atoms in total. The van der Waals surface area contributed by atoms with Crippen molar-refractivity contribution >= 4 is 6.09 Å². The summed E-state index contributed by atoms with van der Waals surface area (Å²) in [6.07, 6.45) is -9.03. The van der Waals surface area contributed by atoms with Crippen LogP contribution in [-0.4, -0.2) is 34.6 Å². The molecule has 0 spiro atoms. The number of benzene rings is 1. The van der Waals surface area contributed by atoms with Gasteiger partial charge in [-0.3, -0.25) is 0 Å². The largest absolute Gasteiger partial charge is 0.444 e. The van der Waals surface area contributed by atoms with Crippen molar-refractivity contribution in [3.63, 3.8) is 0 Å². The van der Waals surface area contributed by atoms with Gasteiger partial charge < -0.3 is 20.3 Å². The first-order valence-electron chi connectivity index (χ1n) is 7.01. The van der Waals surface area contributed by atoms with E-state index < -0.39 is 53.6 Å². The lowest BCUT2D eigenvalue weighted by Crippen LogP contribution is -2.39. The maximum absolute atomic E-state index is 13.7. The SMILES string of the molecule is CC(C)(C)OC(=O)NCC(O)C(O)c1ccc(C(F)(F)F)cc1F. The fraction of sp³-hybridized carbons (Fsp3) is 0.533. The van der Waals surface area contributed by atoms with E-state index in [1.807, 2.05) is 0 Å². The Balaban J connectivity index is 2.72. The molecule has 0 fully saturated rings. The summed E-state index contributed by atoms with van der Waals surface area (Å²) in [7, 11) is 0. The number of aliphatic hydroxyl groups excluding tert-OH is 2. The number of amides is 1. The van der Waals surface area contributed by atoms with Crippen LogP contribution >= 0.6 is 0 Å². The van der Waals surface area contributed by atoms with Crippen molar-refractivity contribution in [1.29, 1.82) is 0 Å². The molecule has 24 heavy (non-hydrogen) atoms. The summed E-state index contributed by atoms with van der Waals surface area (Å²) in [5, 5.41) is 21.8. The van der Waals surface area contributed by atoms with Gasteiger partial charge in [-0.1, -0.05) is 6.07 Å². The average molecular weight is 353 g/mol. The van der Waals surface area contributed by atoms with Crippen LogP contribution in [0.5, 0.6) is 0 Å². The number of carbonyl (C=O) groups excluding carboxylic acids is 1. The zero-order valence-electron chi connectivity index (χ0n) is 13.3. The highest BCUT2D eigenvalue weighted by molar-refractivity contribution is 5.67. The van der Waals surface area contributed by atoms with Crippen LogP contribution in [-0.2, 0) is 10.9 Å². The molecule has 9 heteroatoms. The van der Waals surface area contributed by atoms with E-state index in [9.17, 15) is 32.6 Å². The van der Waals surface area contributed by atoms with Gasteiger partial charge >= 0.3 is 12.3 Å². The van der Waals surface area contributed by atoms with Gasteiger partial charge in [-0.25, -0.2) is 9.18 Å².